The van der Waals surface area contributed by atoms with Gasteiger partial charge in [-0.25, -0.2) is 8.42 Å². The van der Waals surface area contributed by atoms with Crippen LogP contribution in [0.1, 0.15) is 24.8 Å². The van der Waals surface area contributed by atoms with Gasteiger partial charge in [0, 0.05) is 12.1 Å². The fourth-order valence-corrected chi connectivity index (χ4v) is 5.89. The Balaban J connectivity index is 1.46. The fourth-order valence-electron chi connectivity index (χ4n) is 4.20. The van der Waals surface area contributed by atoms with E-state index in [0.717, 1.165) is 10.8 Å². The Morgan fingerprint density at radius 3 is 2.55 bits per heavy atom. The molecule has 0 amide bonds. The third kappa shape index (κ3) is 3.83. The van der Waals surface area contributed by atoms with E-state index in [4.69, 9.17) is 14.0 Å². The first-order chi connectivity index (χ1) is 16.0. The molecule has 0 spiro atoms. The molecular formula is C24H23N3O5S. The maximum atomic E-state index is 13.5. The van der Waals surface area contributed by atoms with Gasteiger partial charge >= 0.3 is 0 Å². The summed E-state index contributed by atoms with van der Waals surface area (Å²) in [4.78, 5) is 4.78. The van der Waals surface area contributed by atoms with Crippen LogP contribution in [0.3, 0.4) is 0 Å². The molecule has 1 fully saturated rings. The van der Waals surface area contributed by atoms with E-state index in [0.29, 0.717) is 42.3 Å². The van der Waals surface area contributed by atoms with E-state index in [-0.39, 0.29) is 10.8 Å². The van der Waals surface area contributed by atoms with Gasteiger partial charge in [-0.15, -0.1) is 0 Å². The van der Waals surface area contributed by atoms with Crippen molar-refractivity contribution in [3.8, 4) is 22.9 Å². The molecule has 1 aromatic heterocycles. The molecule has 4 aromatic rings. The largest absolute Gasteiger partial charge is 0.493 e. The highest BCUT2D eigenvalue weighted by Gasteiger charge is 2.39. The highest BCUT2D eigenvalue weighted by molar-refractivity contribution is 7.89. The number of rotatable bonds is 6. The van der Waals surface area contributed by atoms with Crippen LogP contribution in [0.5, 0.6) is 11.5 Å². The molecule has 1 atom stereocenters. The lowest BCUT2D eigenvalue weighted by atomic mass is 10.1. The summed E-state index contributed by atoms with van der Waals surface area (Å²) in [7, 11) is -0.616. The van der Waals surface area contributed by atoms with Crippen LogP contribution in [0.15, 0.2) is 70.1 Å². The van der Waals surface area contributed by atoms with Gasteiger partial charge in [0.25, 0.3) is 0 Å². The summed E-state index contributed by atoms with van der Waals surface area (Å²) >= 11 is 0. The lowest BCUT2D eigenvalue weighted by Gasteiger charge is -2.21. The molecule has 0 N–H and O–H groups in total. The van der Waals surface area contributed by atoms with Gasteiger partial charge in [0.05, 0.1) is 19.1 Å². The number of sulfonamides is 1. The molecule has 33 heavy (non-hydrogen) atoms. The Morgan fingerprint density at radius 1 is 0.970 bits per heavy atom. The maximum absolute atomic E-state index is 13.5. The van der Waals surface area contributed by atoms with Crippen LogP contribution < -0.4 is 9.47 Å². The van der Waals surface area contributed by atoms with Gasteiger partial charge < -0.3 is 14.0 Å². The van der Waals surface area contributed by atoms with Crippen molar-refractivity contribution in [1.82, 2.24) is 14.4 Å². The molecule has 0 radical (unpaired) electrons. The second kappa shape index (κ2) is 8.49. The second-order valence-electron chi connectivity index (χ2n) is 7.81. The lowest BCUT2D eigenvalue weighted by Crippen LogP contribution is -2.30. The summed E-state index contributed by atoms with van der Waals surface area (Å²) in [6.07, 6.45) is 1.33. The Kier molecular flexibility index (Phi) is 5.51. The van der Waals surface area contributed by atoms with Crippen molar-refractivity contribution in [1.29, 1.82) is 0 Å². The number of benzene rings is 3. The SMILES string of the molecule is COc1ccc(-c2noc(C3CCCN3S(=O)(=O)c3ccc4ccccc4c3)n2)cc1OC. The molecule has 1 aliphatic rings. The average molecular weight is 466 g/mol. The number of hydrogen-bond acceptors (Lipinski definition) is 7. The van der Waals surface area contributed by atoms with Crippen LogP contribution >= 0.6 is 0 Å². The van der Waals surface area contributed by atoms with Crippen LogP contribution in [-0.2, 0) is 10.0 Å². The number of ether oxygens (including phenoxy) is 2. The summed E-state index contributed by atoms with van der Waals surface area (Å²) in [5.74, 6) is 1.78. The lowest BCUT2D eigenvalue weighted by molar-refractivity contribution is 0.290. The minimum absolute atomic E-state index is 0.257. The van der Waals surface area contributed by atoms with Gasteiger partial charge in [-0.05, 0) is 53.9 Å². The van der Waals surface area contributed by atoms with Crippen molar-refractivity contribution >= 4 is 20.8 Å². The predicted octanol–water partition coefficient (Wildman–Crippen LogP) is 4.43. The molecule has 1 saturated heterocycles. The number of aromatic nitrogens is 2. The monoisotopic (exact) mass is 465 g/mol. The van der Waals surface area contributed by atoms with Gasteiger partial charge in [0.15, 0.2) is 11.5 Å². The number of hydrogen-bond donors (Lipinski definition) is 0. The molecule has 3 aromatic carbocycles. The first kappa shape index (κ1) is 21.4. The first-order valence-electron chi connectivity index (χ1n) is 10.6. The zero-order valence-electron chi connectivity index (χ0n) is 18.3. The molecule has 1 aliphatic heterocycles. The highest BCUT2D eigenvalue weighted by atomic mass is 32.2. The second-order valence-corrected chi connectivity index (χ2v) is 9.70. The van der Waals surface area contributed by atoms with Gasteiger partial charge in [-0.2, -0.15) is 9.29 Å². The third-order valence-corrected chi connectivity index (χ3v) is 7.80. The van der Waals surface area contributed by atoms with Crippen LogP contribution in [0.2, 0.25) is 0 Å². The summed E-state index contributed by atoms with van der Waals surface area (Å²) < 4.78 is 44.6. The van der Waals surface area contributed by atoms with E-state index in [9.17, 15) is 8.42 Å². The zero-order valence-corrected chi connectivity index (χ0v) is 19.1. The van der Waals surface area contributed by atoms with Crippen molar-refractivity contribution in [2.24, 2.45) is 0 Å². The summed E-state index contributed by atoms with van der Waals surface area (Å²) in [6, 6.07) is 17.7. The smallest absolute Gasteiger partial charge is 0.245 e. The normalized spacial score (nSPS) is 16.8. The van der Waals surface area contributed by atoms with Crippen LogP contribution in [0.4, 0.5) is 0 Å². The van der Waals surface area contributed by atoms with Crippen molar-refractivity contribution in [3.05, 3.63) is 66.6 Å². The molecule has 9 heteroatoms. The van der Waals surface area contributed by atoms with Crippen LogP contribution in [0, 0.1) is 0 Å². The number of nitrogens with zero attached hydrogens (tertiary/aromatic N) is 3. The molecule has 8 nitrogen and oxygen atoms in total. The molecule has 0 saturated carbocycles. The third-order valence-electron chi connectivity index (χ3n) is 5.90. The van der Waals surface area contributed by atoms with Crippen molar-refractivity contribution in [3.63, 3.8) is 0 Å². The van der Waals surface area contributed by atoms with E-state index in [1.807, 2.05) is 30.3 Å². The van der Waals surface area contributed by atoms with E-state index in [1.54, 1.807) is 44.6 Å². The van der Waals surface area contributed by atoms with Crippen LogP contribution in [-0.4, -0.2) is 43.6 Å². The van der Waals surface area contributed by atoms with Crippen molar-refractivity contribution in [2.45, 2.75) is 23.8 Å². The van der Waals surface area contributed by atoms with Gasteiger partial charge in [-0.1, -0.05) is 35.5 Å². The standard InChI is InChI=1S/C24H23N3O5S/c1-30-21-12-10-18(15-22(21)31-2)23-25-24(32-26-23)20-8-5-13-27(20)33(28,29)19-11-9-16-6-3-4-7-17(16)14-19/h3-4,6-7,9-12,14-15,20H,5,8,13H2,1-2H3. The molecule has 170 valence electrons. The Hall–Kier alpha value is -3.43. The molecule has 1 unspecified atom stereocenters. The Labute approximate surface area is 191 Å². The minimum atomic E-state index is -3.73. The number of methoxy groups -OCH3 is 2. The number of fused-ring (bicyclic) bond motifs is 1. The van der Waals surface area contributed by atoms with Crippen molar-refractivity contribution < 1.29 is 22.4 Å². The predicted molar refractivity (Wildman–Crippen MR) is 123 cm³/mol. The first-order valence-corrected chi connectivity index (χ1v) is 12.0. The maximum Gasteiger partial charge on any atom is 0.245 e. The summed E-state index contributed by atoms with van der Waals surface area (Å²) in [5, 5.41) is 5.96. The summed E-state index contributed by atoms with van der Waals surface area (Å²) in [6.45, 7) is 0.397. The van der Waals surface area contributed by atoms with Gasteiger partial charge in [-0.3, -0.25) is 0 Å². The zero-order chi connectivity index (χ0) is 23.0. The van der Waals surface area contributed by atoms with Crippen molar-refractivity contribution in [2.75, 3.05) is 20.8 Å². The summed E-state index contributed by atoms with van der Waals surface area (Å²) in [5.41, 5.74) is 0.685. The van der Waals surface area contributed by atoms with E-state index in [2.05, 4.69) is 10.1 Å². The van der Waals surface area contributed by atoms with E-state index in [1.165, 1.54) is 4.31 Å². The fraction of sp³-hybridized carbons (Fsp3) is 0.250. The van der Waals surface area contributed by atoms with Gasteiger partial charge in [0.1, 0.15) is 6.04 Å². The quantitative estimate of drug-likeness (QED) is 0.416. The molecule has 2 heterocycles. The van der Waals surface area contributed by atoms with E-state index < -0.39 is 16.1 Å². The molecule has 5 rings (SSSR count). The Bertz CT molecular complexity index is 1420. The average Bonchev–Trinajstić information content (AvgIpc) is 3.53. The van der Waals surface area contributed by atoms with Gasteiger partial charge in [0.2, 0.25) is 21.7 Å². The topological polar surface area (TPSA) is 94.8 Å². The van der Waals surface area contributed by atoms with Crippen LogP contribution in [0.25, 0.3) is 22.2 Å². The minimum Gasteiger partial charge on any atom is -0.493 e. The van der Waals surface area contributed by atoms with E-state index >= 15 is 0 Å². The molecule has 0 bridgehead atoms. The molecule has 0 aliphatic carbocycles. The molecular weight excluding hydrogens is 442 g/mol. The highest BCUT2D eigenvalue weighted by Crippen LogP contribution is 2.38. The Morgan fingerprint density at radius 2 is 1.76 bits per heavy atom.